The molecule has 0 atom stereocenters. The van der Waals surface area contributed by atoms with E-state index in [1.54, 1.807) is 36.9 Å². The summed E-state index contributed by atoms with van der Waals surface area (Å²) in [4.78, 5) is 39.0. The van der Waals surface area contributed by atoms with Gasteiger partial charge in [0.1, 0.15) is 23.1 Å². The molecule has 7 rings (SSSR count). The minimum absolute atomic E-state index is 0.131. The van der Waals surface area contributed by atoms with Gasteiger partial charge in [-0.1, -0.05) is 134 Å². The van der Waals surface area contributed by atoms with Crippen LogP contribution in [0.4, 0.5) is 23.2 Å². The summed E-state index contributed by atoms with van der Waals surface area (Å²) in [6, 6.07) is 36.2. The first kappa shape index (κ1) is 46.2. The minimum Gasteiger partial charge on any atom is -0.330 e. The van der Waals surface area contributed by atoms with Gasteiger partial charge in [0.15, 0.2) is 16.4 Å². The van der Waals surface area contributed by atoms with E-state index in [9.17, 15) is 22.8 Å². The monoisotopic (exact) mass is 902 g/mol. The van der Waals surface area contributed by atoms with Crippen molar-refractivity contribution in [2.75, 3.05) is 4.90 Å². The molecule has 1 aliphatic rings. The number of halogens is 4. The van der Waals surface area contributed by atoms with Crippen LogP contribution in [0.3, 0.4) is 0 Å². The van der Waals surface area contributed by atoms with Crippen LogP contribution in [-0.4, -0.2) is 47.3 Å². The zero-order valence-electron chi connectivity index (χ0n) is 35.8. The Kier molecular flexibility index (Phi) is 14.1. The molecule has 2 aromatic heterocycles. The molecule has 3 heterocycles. The number of hydrogen-bond acceptors (Lipinski definition) is 8. The minimum atomic E-state index is -4.89. The molecule has 0 spiro atoms. The lowest BCUT2D eigenvalue weighted by atomic mass is 9.80. The smallest absolute Gasteiger partial charge is 0.330 e. The van der Waals surface area contributed by atoms with Crippen LogP contribution in [0.2, 0.25) is 0 Å². The molecular weight excluding hydrogens is 857 g/mol. The Labute approximate surface area is 379 Å². The number of alkyl halides is 3. The summed E-state index contributed by atoms with van der Waals surface area (Å²) < 4.78 is 58.4. The summed E-state index contributed by atoms with van der Waals surface area (Å²) in [6.45, 7) is 3.55. The van der Waals surface area contributed by atoms with E-state index in [1.807, 2.05) is 91.0 Å². The molecular formula is C49H46F4N8O3S. The number of amides is 2. The number of hydroxylamine groups is 1. The van der Waals surface area contributed by atoms with Crippen LogP contribution in [-0.2, 0) is 39.3 Å². The number of thiocarbonyl (C=S) groups is 1. The Morgan fingerprint density at radius 1 is 0.846 bits per heavy atom. The van der Waals surface area contributed by atoms with Crippen molar-refractivity contribution in [1.29, 1.82) is 5.26 Å². The van der Waals surface area contributed by atoms with Gasteiger partial charge in [0.2, 0.25) is 5.91 Å². The largest absolute Gasteiger partial charge is 0.419 e. The van der Waals surface area contributed by atoms with Gasteiger partial charge in [-0.05, 0) is 67.7 Å². The number of aromatic nitrogens is 4. The van der Waals surface area contributed by atoms with E-state index in [0.717, 1.165) is 59.9 Å². The van der Waals surface area contributed by atoms with Crippen LogP contribution in [0.25, 0.3) is 11.3 Å². The number of anilines is 1. The van der Waals surface area contributed by atoms with Crippen LogP contribution in [0.15, 0.2) is 128 Å². The van der Waals surface area contributed by atoms with E-state index in [-0.39, 0.29) is 28.8 Å². The van der Waals surface area contributed by atoms with Crippen molar-refractivity contribution >= 4 is 34.8 Å². The van der Waals surface area contributed by atoms with E-state index in [1.165, 1.54) is 17.0 Å². The third-order valence-electron chi connectivity index (χ3n) is 11.5. The number of hydrogen-bond donors (Lipinski definition) is 1. The molecule has 6 aromatic rings. The predicted molar refractivity (Wildman–Crippen MR) is 240 cm³/mol. The van der Waals surface area contributed by atoms with Crippen molar-refractivity contribution in [3.05, 3.63) is 167 Å². The van der Waals surface area contributed by atoms with E-state index in [2.05, 4.69) is 20.8 Å². The standard InChI is InChI=1S/C49H46F4N8O3S/c1-47(2)45(63)61(39-29-40(49(51,52)53)42(30-54)55-31-39)46(65)60(47)32-35-26-25-34(28-41(35)50)43-33-59(58-56-43)27-17-6-4-3-5-16-24-44(62)57-64-48(36-18-10-7-11-19-36,37-20-12-8-13-21-37)38-22-14-9-15-23-38/h7-15,18-23,25-26,28-29,31,33H,3-6,16-17,24,27,32H2,1-2H3,(H,57,62). The number of pyridine rings is 1. The molecule has 334 valence electrons. The molecule has 0 aliphatic carbocycles. The lowest BCUT2D eigenvalue weighted by Gasteiger charge is -2.35. The van der Waals surface area contributed by atoms with E-state index in [4.69, 9.17) is 22.3 Å². The molecule has 1 saturated heterocycles. The summed E-state index contributed by atoms with van der Waals surface area (Å²) in [6.07, 6.45) is 3.50. The maximum absolute atomic E-state index is 15.6. The fraction of sp³-hybridized carbons (Fsp3) is 0.286. The summed E-state index contributed by atoms with van der Waals surface area (Å²) in [7, 11) is 0. The number of unbranched alkanes of at least 4 members (excludes halogenated alkanes) is 5. The SMILES string of the molecule is CC1(C)C(=O)N(c2cnc(C#N)c(C(F)(F)F)c2)C(=S)N1Cc1ccc(-c2cn(CCCCCCCCC(=O)NOC(c3ccccc3)(c3ccccc3)c3ccccc3)nn2)cc1F. The van der Waals surface area contributed by atoms with Crippen molar-refractivity contribution < 1.29 is 32.0 Å². The van der Waals surface area contributed by atoms with Crippen LogP contribution >= 0.6 is 12.2 Å². The third kappa shape index (κ3) is 10.1. The molecule has 65 heavy (non-hydrogen) atoms. The second-order valence-electron chi connectivity index (χ2n) is 16.2. The number of carbonyl (C=O) groups is 2. The molecule has 16 heteroatoms. The summed E-state index contributed by atoms with van der Waals surface area (Å²) in [5, 5.41) is 17.5. The maximum atomic E-state index is 15.6. The zero-order chi connectivity index (χ0) is 46.2. The first-order chi connectivity index (χ1) is 31.2. The Bertz CT molecular complexity index is 2580. The zero-order valence-corrected chi connectivity index (χ0v) is 36.6. The van der Waals surface area contributed by atoms with Crippen LogP contribution < -0.4 is 10.4 Å². The molecule has 0 radical (unpaired) electrons. The summed E-state index contributed by atoms with van der Waals surface area (Å²) >= 11 is 5.55. The second kappa shape index (κ2) is 19.9. The topological polar surface area (TPSA) is 129 Å². The van der Waals surface area contributed by atoms with E-state index in [0.29, 0.717) is 36.7 Å². The molecule has 0 bridgehead atoms. The molecule has 1 aliphatic heterocycles. The Morgan fingerprint density at radius 2 is 1.43 bits per heavy atom. The number of carbonyl (C=O) groups excluding carboxylic acids is 2. The lowest BCUT2D eigenvalue weighted by molar-refractivity contribution is -0.143. The maximum Gasteiger partial charge on any atom is 0.419 e. The number of nitrogens with one attached hydrogen (secondary N) is 1. The van der Waals surface area contributed by atoms with Gasteiger partial charge in [0.05, 0.1) is 23.6 Å². The van der Waals surface area contributed by atoms with Gasteiger partial charge in [0, 0.05) is 30.6 Å². The van der Waals surface area contributed by atoms with Gasteiger partial charge in [0.25, 0.3) is 5.91 Å². The van der Waals surface area contributed by atoms with Gasteiger partial charge in [-0.3, -0.25) is 24.0 Å². The number of rotatable bonds is 18. The quantitative estimate of drug-likeness (QED) is 0.0295. The van der Waals surface area contributed by atoms with Gasteiger partial charge in [-0.2, -0.15) is 18.4 Å². The first-order valence-electron chi connectivity index (χ1n) is 21.2. The van der Waals surface area contributed by atoms with Gasteiger partial charge >= 0.3 is 6.18 Å². The number of nitriles is 1. The van der Waals surface area contributed by atoms with Crippen molar-refractivity contribution in [1.82, 2.24) is 30.4 Å². The Hall–Kier alpha value is -6.83. The Balaban J connectivity index is 0.865. The molecule has 0 unspecified atom stereocenters. The molecule has 1 fully saturated rings. The average molecular weight is 903 g/mol. The van der Waals surface area contributed by atoms with Gasteiger partial charge < -0.3 is 4.90 Å². The average Bonchev–Trinajstić information content (AvgIpc) is 3.85. The van der Waals surface area contributed by atoms with Crippen LogP contribution in [0.1, 0.15) is 92.3 Å². The van der Waals surface area contributed by atoms with Gasteiger partial charge in [-0.25, -0.2) is 14.9 Å². The number of nitrogens with zero attached hydrogens (tertiary/aromatic N) is 7. The first-order valence-corrected chi connectivity index (χ1v) is 21.6. The predicted octanol–water partition coefficient (Wildman–Crippen LogP) is 10.1. The lowest BCUT2D eigenvalue weighted by Crippen LogP contribution is -2.43. The summed E-state index contributed by atoms with van der Waals surface area (Å²) in [5.41, 5.74) is 1.84. The van der Waals surface area contributed by atoms with Crippen molar-refractivity contribution in [2.24, 2.45) is 0 Å². The Morgan fingerprint density at radius 3 is 2.00 bits per heavy atom. The van der Waals surface area contributed by atoms with Crippen molar-refractivity contribution in [3.63, 3.8) is 0 Å². The molecule has 0 saturated carbocycles. The highest BCUT2D eigenvalue weighted by Crippen LogP contribution is 2.41. The molecule has 1 N–H and O–H groups in total. The second-order valence-corrected chi connectivity index (χ2v) is 16.6. The van der Waals surface area contributed by atoms with Crippen LogP contribution in [0, 0.1) is 17.1 Å². The summed E-state index contributed by atoms with van der Waals surface area (Å²) in [5.74, 6) is -1.41. The highest BCUT2D eigenvalue weighted by Gasteiger charge is 2.50. The van der Waals surface area contributed by atoms with Crippen LogP contribution in [0.5, 0.6) is 0 Å². The van der Waals surface area contributed by atoms with E-state index >= 15 is 4.39 Å². The van der Waals surface area contributed by atoms with Crippen molar-refractivity contribution in [2.45, 2.75) is 89.2 Å². The fourth-order valence-corrected chi connectivity index (χ4v) is 8.38. The molecule has 11 nitrogen and oxygen atoms in total. The third-order valence-corrected chi connectivity index (χ3v) is 11.9. The highest BCUT2D eigenvalue weighted by atomic mass is 32.1. The van der Waals surface area contributed by atoms with Crippen molar-refractivity contribution in [3.8, 4) is 17.3 Å². The highest BCUT2D eigenvalue weighted by molar-refractivity contribution is 7.80. The molecule has 2 amide bonds. The molecule has 4 aromatic carbocycles. The normalized spacial score (nSPS) is 13.9. The number of benzene rings is 4. The fourth-order valence-electron chi connectivity index (χ4n) is 7.90. The van der Waals surface area contributed by atoms with E-state index < -0.39 is 40.3 Å². The van der Waals surface area contributed by atoms with Gasteiger partial charge in [-0.15, -0.1) is 5.10 Å². The number of aryl methyl sites for hydroxylation is 1.